The second kappa shape index (κ2) is 8.55. The number of morpholine rings is 1. The highest BCUT2D eigenvalue weighted by Crippen LogP contribution is 2.28. The summed E-state index contributed by atoms with van der Waals surface area (Å²) >= 11 is 0. The Bertz CT molecular complexity index is 777. The third-order valence-corrected chi connectivity index (χ3v) is 7.01. The summed E-state index contributed by atoms with van der Waals surface area (Å²) in [6.45, 7) is 4.26. The lowest BCUT2D eigenvalue weighted by Gasteiger charge is -2.30. The quantitative estimate of drug-likeness (QED) is 0.755. The van der Waals surface area contributed by atoms with E-state index in [9.17, 15) is 13.2 Å². The molecule has 27 heavy (non-hydrogen) atoms. The topological polar surface area (TPSA) is 97.0 Å². The van der Waals surface area contributed by atoms with Gasteiger partial charge in [-0.2, -0.15) is 4.31 Å². The number of hydrogen-bond acceptors (Lipinski definition) is 6. The van der Waals surface area contributed by atoms with Crippen molar-refractivity contribution in [2.45, 2.75) is 36.7 Å². The minimum atomic E-state index is -3.77. The highest BCUT2D eigenvalue weighted by Gasteiger charge is 2.30. The van der Waals surface area contributed by atoms with Crippen LogP contribution in [0.25, 0.3) is 0 Å². The molecule has 2 atom stereocenters. The van der Waals surface area contributed by atoms with E-state index in [0.29, 0.717) is 18.8 Å². The van der Waals surface area contributed by atoms with Crippen molar-refractivity contribution in [2.24, 2.45) is 0 Å². The van der Waals surface area contributed by atoms with Crippen LogP contribution in [-0.4, -0.2) is 70.7 Å². The van der Waals surface area contributed by atoms with Gasteiger partial charge in [-0.25, -0.2) is 8.42 Å². The van der Waals surface area contributed by atoms with Gasteiger partial charge >= 0.3 is 0 Å². The number of rotatable bonds is 5. The molecule has 0 spiro atoms. The summed E-state index contributed by atoms with van der Waals surface area (Å²) in [6.07, 6.45) is 1.89. The summed E-state index contributed by atoms with van der Waals surface area (Å²) in [5, 5.41) is 6.35. The van der Waals surface area contributed by atoms with Crippen LogP contribution in [0.15, 0.2) is 23.1 Å². The van der Waals surface area contributed by atoms with Crippen molar-refractivity contribution in [1.29, 1.82) is 0 Å². The van der Waals surface area contributed by atoms with Crippen LogP contribution in [0.5, 0.6) is 5.75 Å². The molecular weight excluding hydrogens is 370 g/mol. The zero-order valence-electron chi connectivity index (χ0n) is 15.7. The maximum absolute atomic E-state index is 13.0. The van der Waals surface area contributed by atoms with Gasteiger partial charge in [-0.05, 0) is 44.5 Å². The van der Waals surface area contributed by atoms with E-state index >= 15 is 0 Å². The molecule has 1 aromatic rings. The van der Waals surface area contributed by atoms with Crippen molar-refractivity contribution in [1.82, 2.24) is 14.9 Å². The van der Waals surface area contributed by atoms with Crippen molar-refractivity contribution in [3.8, 4) is 5.75 Å². The minimum absolute atomic E-state index is 0.00867. The molecule has 0 aromatic heterocycles. The molecule has 0 radical (unpaired) electrons. The summed E-state index contributed by atoms with van der Waals surface area (Å²) in [6, 6.07) is 4.73. The van der Waals surface area contributed by atoms with E-state index in [1.54, 1.807) is 6.07 Å². The SMILES string of the molecule is COc1ccc(C(=O)NC2CCCNC2C)cc1S(=O)(=O)N1CCOCC1. The number of hydrogen-bond donors (Lipinski definition) is 2. The first-order chi connectivity index (χ1) is 12.9. The van der Waals surface area contributed by atoms with E-state index in [1.165, 1.54) is 23.5 Å². The second-order valence-corrected chi connectivity index (χ2v) is 8.75. The lowest BCUT2D eigenvalue weighted by atomic mass is 9.99. The van der Waals surface area contributed by atoms with E-state index in [1.807, 2.05) is 6.92 Å². The maximum atomic E-state index is 13.0. The van der Waals surface area contributed by atoms with Crippen LogP contribution in [0, 0.1) is 0 Å². The molecule has 8 nitrogen and oxygen atoms in total. The first-order valence-electron chi connectivity index (χ1n) is 9.23. The molecule has 2 aliphatic rings. The van der Waals surface area contributed by atoms with Gasteiger partial charge in [0.05, 0.1) is 20.3 Å². The van der Waals surface area contributed by atoms with Gasteiger partial charge < -0.3 is 20.1 Å². The Hall–Kier alpha value is -1.68. The normalized spacial score (nSPS) is 24.4. The van der Waals surface area contributed by atoms with Gasteiger partial charge in [-0.15, -0.1) is 0 Å². The Labute approximate surface area is 160 Å². The van der Waals surface area contributed by atoms with Gasteiger partial charge in [0.1, 0.15) is 10.6 Å². The lowest BCUT2D eigenvalue weighted by Crippen LogP contribution is -2.51. The van der Waals surface area contributed by atoms with Crippen molar-refractivity contribution in [3.63, 3.8) is 0 Å². The summed E-state index contributed by atoms with van der Waals surface area (Å²) in [5.41, 5.74) is 0.306. The summed E-state index contributed by atoms with van der Waals surface area (Å²) in [5.74, 6) is -0.0534. The fraction of sp³-hybridized carbons (Fsp3) is 0.611. The number of carbonyl (C=O) groups excluding carboxylic acids is 1. The molecule has 2 unspecified atom stereocenters. The number of sulfonamides is 1. The van der Waals surface area contributed by atoms with Crippen LogP contribution >= 0.6 is 0 Å². The molecular formula is C18H27N3O5S. The molecule has 2 heterocycles. The fourth-order valence-electron chi connectivity index (χ4n) is 3.44. The number of methoxy groups -OCH3 is 1. The van der Waals surface area contributed by atoms with Gasteiger partial charge in [-0.3, -0.25) is 4.79 Å². The van der Waals surface area contributed by atoms with Gasteiger partial charge in [0.2, 0.25) is 10.0 Å². The average Bonchev–Trinajstić information content (AvgIpc) is 2.69. The van der Waals surface area contributed by atoms with Gasteiger partial charge in [-0.1, -0.05) is 0 Å². The molecule has 3 rings (SSSR count). The molecule has 2 N–H and O–H groups in total. The van der Waals surface area contributed by atoms with E-state index < -0.39 is 10.0 Å². The number of carbonyl (C=O) groups is 1. The average molecular weight is 397 g/mol. The number of amides is 1. The smallest absolute Gasteiger partial charge is 0.251 e. The Balaban J connectivity index is 1.85. The zero-order chi connectivity index (χ0) is 19.4. The summed E-state index contributed by atoms with van der Waals surface area (Å²) in [7, 11) is -2.35. The van der Waals surface area contributed by atoms with Crippen molar-refractivity contribution < 1.29 is 22.7 Å². The Morgan fingerprint density at radius 3 is 2.74 bits per heavy atom. The minimum Gasteiger partial charge on any atom is -0.495 e. The van der Waals surface area contributed by atoms with Crippen LogP contribution in [0.1, 0.15) is 30.1 Å². The van der Waals surface area contributed by atoms with Gasteiger partial charge in [0, 0.05) is 30.7 Å². The molecule has 0 aliphatic carbocycles. The highest BCUT2D eigenvalue weighted by molar-refractivity contribution is 7.89. The van der Waals surface area contributed by atoms with Crippen LogP contribution in [-0.2, 0) is 14.8 Å². The van der Waals surface area contributed by atoms with Crippen LogP contribution in [0.3, 0.4) is 0 Å². The molecule has 2 saturated heterocycles. The molecule has 0 bridgehead atoms. The van der Waals surface area contributed by atoms with Gasteiger partial charge in [0.15, 0.2) is 0 Å². The molecule has 2 fully saturated rings. The number of ether oxygens (including phenoxy) is 2. The van der Waals surface area contributed by atoms with Crippen molar-refractivity contribution in [3.05, 3.63) is 23.8 Å². The molecule has 2 aliphatic heterocycles. The van der Waals surface area contributed by atoms with E-state index in [2.05, 4.69) is 10.6 Å². The van der Waals surface area contributed by atoms with Gasteiger partial charge in [0.25, 0.3) is 5.91 Å². The lowest BCUT2D eigenvalue weighted by molar-refractivity contribution is 0.0729. The first kappa shape index (κ1) is 20.1. The molecule has 0 saturated carbocycles. The number of piperidine rings is 1. The monoisotopic (exact) mass is 397 g/mol. The van der Waals surface area contributed by atoms with E-state index in [4.69, 9.17) is 9.47 Å². The molecule has 9 heteroatoms. The standard InChI is InChI=1S/C18H27N3O5S/c1-13-15(4-3-7-19-13)20-18(22)14-5-6-16(25-2)17(12-14)27(23,24)21-8-10-26-11-9-21/h5-6,12-13,15,19H,3-4,7-11H2,1-2H3,(H,20,22). The Morgan fingerprint density at radius 2 is 2.07 bits per heavy atom. The number of nitrogens with one attached hydrogen (secondary N) is 2. The second-order valence-electron chi connectivity index (χ2n) is 6.85. The molecule has 1 aromatic carbocycles. The number of nitrogens with zero attached hydrogens (tertiary/aromatic N) is 1. The highest BCUT2D eigenvalue weighted by atomic mass is 32.2. The van der Waals surface area contributed by atoms with Crippen LogP contribution in [0.2, 0.25) is 0 Å². The largest absolute Gasteiger partial charge is 0.495 e. The van der Waals surface area contributed by atoms with E-state index in [-0.39, 0.29) is 41.7 Å². The Morgan fingerprint density at radius 1 is 1.33 bits per heavy atom. The van der Waals surface area contributed by atoms with Crippen molar-refractivity contribution in [2.75, 3.05) is 40.0 Å². The predicted molar refractivity (Wildman–Crippen MR) is 101 cm³/mol. The summed E-state index contributed by atoms with van der Waals surface area (Å²) < 4.78 is 37.9. The summed E-state index contributed by atoms with van der Waals surface area (Å²) in [4.78, 5) is 12.7. The van der Waals surface area contributed by atoms with Crippen molar-refractivity contribution >= 4 is 15.9 Å². The third-order valence-electron chi connectivity index (χ3n) is 5.09. The Kier molecular flexibility index (Phi) is 6.36. The third kappa shape index (κ3) is 4.43. The van der Waals surface area contributed by atoms with E-state index in [0.717, 1.165) is 19.4 Å². The first-order valence-corrected chi connectivity index (χ1v) is 10.7. The molecule has 150 valence electrons. The molecule has 1 amide bonds. The zero-order valence-corrected chi connectivity index (χ0v) is 16.5. The van der Waals surface area contributed by atoms with Crippen LogP contribution < -0.4 is 15.4 Å². The fourth-order valence-corrected chi connectivity index (χ4v) is 5.03. The number of benzene rings is 1. The maximum Gasteiger partial charge on any atom is 0.251 e. The van der Waals surface area contributed by atoms with Crippen LogP contribution in [0.4, 0.5) is 0 Å². The predicted octanol–water partition coefficient (Wildman–Crippen LogP) is 0.586.